The third kappa shape index (κ3) is 6.11. The first kappa shape index (κ1) is 27.0. The van der Waals surface area contributed by atoms with E-state index in [2.05, 4.69) is 5.32 Å². The Bertz CT molecular complexity index is 1570. The standard InChI is InChI=1S/C27H21ClN4O7/c1-15-6-8-22(16(2)10-15)29-24(33)14-39-23-9-7-18(28)11-17(23)12-21-25(34)30-27(36)31(26(21)35)19-4-3-5-20(13-19)32(37)38/h3-13H,14H2,1-2H3,(H,29,33)(H,30,34,36)/b21-12-. The number of imide groups is 2. The third-order valence-corrected chi connectivity index (χ3v) is 5.92. The number of nitro groups is 1. The van der Waals surface area contributed by atoms with Crippen molar-refractivity contribution in [2.45, 2.75) is 13.8 Å². The average Bonchev–Trinajstić information content (AvgIpc) is 2.87. The first-order valence-corrected chi connectivity index (χ1v) is 11.9. The molecule has 1 heterocycles. The Hall–Kier alpha value is -5.03. The minimum Gasteiger partial charge on any atom is -0.483 e. The maximum absolute atomic E-state index is 13.2. The van der Waals surface area contributed by atoms with Gasteiger partial charge >= 0.3 is 6.03 Å². The smallest absolute Gasteiger partial charge is 0.335 e. The highest BCUT2D eigenvalue weighted by Gasteiger charge is 2.37. The van der Waals surface area contributed by atoms with E-state index in [0.717, 1.165) is 23.3 Å². The van der Waals surface area contributed by atoms with Crippen molar-refractivity contribution in [1.29, 1.82) is 0 Å². The molecule has 0 unspecified atom stereocenters. The summed E-state index contributed by atoms with van der Waals surface area (Å²) in [6.45, 7) is 3.42. The maximum atomic E-state index is 13.2. The van der Waals surface area contributed by atoms with Crippen molar-refractivity contribution in [3.05, 3.63) is 98.1 Å². The second-order valence-corrected chi connectivity index (χ2v) is 9.01. The van der Waals surface area contributed by atoms with E-state index in [1.54, 1.807) is 6.07 Å². The average molecular weight is 549 g/mol. The molecule has 1 aliphatic heterocycles. The number of nitro benzene ring substituents is 1. The molecule has 198 valence electrons. The summed E-state index contributed by atoms with van der Waals surface area (Å²) in [5.74, 6) is -2.29. The van der Waals surface area contributed by atoms with Gasteiger partial charge in [0.25, 0.3) is 23.4 Å². The summed E-state index contributed by atoms with van der Waals surface area (Å²) in [7, 11) is 0. The molecular weight excluding hydrogens is 528 g/mol. The van der Waals surface area contributed by atoms with E-state index in [4.69, 9.17) is 16.3 Å². The van der Waals surface area contributed by atoms with E-state index in [9.17, 15) is 29.3 Å². The third-order valence-electron chi connectivity index (χ3n) is 5.69. The SMILES string of the molecule is Cc1ccc(NC(=O)COc2ccc(Cl)cc2/C=C2/C(=O)NC(=O)N(c3cccc([N+](=O)[O-])c3)C2=O)c(C)c1. The van der Waals surface area contributed by atoms with E-state index in [0.29, 0.717) is 10.6 Å². The van der Waals surface area contributed by atoms with E-state index in [-0.39, 0.29) is 34.3 Å². The molecular formula is C27H21ClN4O7. The monoisotopic (exact) mass is 548 g/mol. The van der Waals surface area contributed by atoms with Gasteiger partial charge < -0.3 is 10.1 Å². The second-order valence-electron chi connectivity index (χ2n) is 8.57. The molecule has 0 aliphatic carbocycles. The van der Waals surface area contributed by atoms with Crippen LogP contribution in [-0.4, -0.2) is 35.3 Å². The number of nitrogens with zero attached hydrogens (tertiary/aromatic N) is 2. The number of carbonyl (C=O) groups excluding carboxylic acids is 4. The van der Waals surface area contributed by atoms with Gasteiger partial charge in [-0.2, -0.15) is 0 Å². The zero-order chi connectivity index (χ0) is 28.3. The number of barbiturate groups is 1. The van der Waals surface area contributed by atoms with Crippen LogP contribution in [0.5, 0.6) is 5.75 Å². The van der Waals surface area contributed by atoms with Gasteiger partial charge in [-0.15, -0.1) is 0 Å². The molecule has 39 heavy (non-hydrogen) atoms. The number of anilines is 2. The Morgan fingerprint density at radius 1 is 1.10 bits per heavy atom. The molecule has 5 amide bonds. The van der Waals surface area contributed by atoms with Crippen LogP contribution in [0.4, 0.5) is 21.9 Å². The van der Waals surface area contributed by atoms with E-state index in [1.165, 1.54) is 36.4 Å². The Morgan fingerprint density at radius 3 is 2.59 bits per heavy atom. The molecule has 1 aliphatic rings. The molecule has 0 bridgehead atoms. The van der Waals surface area contributed by atoms with Crippen molar-refractivity contribution >= 4 is 58.5 Å². The van der Waals surface area contributed by atoms with Gasteiger partial charge in [-0.3, -0.25) is 29.8 Å². The number of non-ortho nitro benzene ring substituents is 1. The molecule has 3 aromatic carbocycles. The van der Waals surface area contributed by atoms with Crippen molar-refractivity contribution in [1.82, 2.24) is 5.32 Å². The van der Waals surface area contributed by atoms with Gasteiger partial charge in [-0.25, -0.2) is 9.69 Å². The first-order valence-electron chi connectivity index (χ1n) is 11.5. The summed E-state index contributed by atoms with van der Waals surface area (Å²) in [5.41, 5.74) is 1.85. The number of halogens is 1. The normalized spacial score (nSPS) is 14.3. The molecule has 12 heteroatoms. The fourth-order valence-corrected chi connectivity index (χ4v) is 4.02. The van der Waals surface area contributed by atoms with E-state index >= 15 is 0 Å². The first-order chi connectivity index (χ1) is 18.5. The zero-order valence-corrected chi connectivity index (χ0v) is 21.4. The highest BCUT2D eigenvalue weighted by atomic mass is 35.5. The number of nitrogens with one attached hydrogen (secondary N) is 2. The topological polar surface area (TPSA) is 148 Å². The van der Waals surface area contributed by atoms with Crippen LogP contribution >= 0.6 is 11.6 Å². The number of rotatable bonds is 7. The van der Waals surface area contributed by atoms with Crippen molar-refractivity contribution in [2.24, 2.45) is 0 Å². The predicted molar refractivity (Wildman–Crippen MR) is 144 cm³/mol. The maximum Gasteiger partial charge on any atom is 0.335 e. The predicted octanol–water partition coefficient (Wildman–Crippen LogP) is 4.55. The van der Waals surface area contributed by atoms with Gasteiger partial charge in [0.15, 0.2) is 6.61 Å². The molecule has 0 atom stereocenters. The van der Waals surface area contributed by atoms with Crippen molar-refractivity contribution < 1.29 is 28.8 Å². The molecule has 2 N–H and O–H groups in total. The van der Waals surface area contributed by atoms with Gasteiger partial charge in [0, 0.05) is 28.4 Å². The van der Waals surface area contributed by atoms with Gasteiger partial charge in [-0.1, -0.05) is 35.4 Å². The number of carbonyl (C=O) groups is 4. The Morgan fingerprint density at radius 2 is 1.87 bits per heavy atom. The Labute approximate surface area is 227 Å². The van der Waals surface area contributed by atoms with Crippen molar-refractivity contribution in [2.75, 3.05) is 16.8 Å². The number of aryl methyl sites for hydroxylation is 2. The highest BCUT2D eigenvalue weighted by molar-refractivity contribution is 6.39. The van der Waals surface area contributed by atoms with Crippen LogP contribution in [-0.2, 0) is 14.4 Å². The fourth-order valence-electron chi connectivity index (χ4n) is 3.84. The minimum atomic E-state index is -1.06. The lowest BCUT2D eigenvalue weighted by Crippen LogP contribution is -2.54. The Balaban J connectivity index is 1.59. The molecule has 11 nitrogen and oxygen atoms in total. The highest BCUT2D eigenvalue weighted by Crippen LogP contribution is 2.29. The van der Waals surface area contributed by atoms with Crippen LogP contribution in [0.15, 0.2) is 66.2 Å². The van der Waals surface area contributed by atoms with Crippen LogP contribution in [0.1, 0.15) is 16.7 Å². The molecule has 3 aromatic rings. The van der Waals surface area contributed by atoms with Crippen LogP contribution in [0.3, 0.4) is 0 Å². The second kappa shape index (κ2) is 11.2. The molecule has 0 saturated carbocycles. The number of urea groups is 1. The number of benzene rings is 3. The quantitative estimate of drug-likeness (QED) is 0.190. The number of hydrogen-bond donors (Lipinski definition) is 2. The lowest BCUT2D eigenvalue weighted by atomic mass is 10.1. The van der Waals surface area contributed by atoms with Crippen LogP contribution in [0.2, 0.25) is 5.02 Å². The lowest BCUT2D eigenvalue weighted by molar-refractivity contribution is -0.384. The summed E-state index contributed by atoms with van der Waals surface area (Å²) in [5, 5.41) is 16.2. The lowest BCUT2D eigenvalue weighted by Gasteiger charge is -2.26. The van der Waals surface area contributed by atoms with E-state index in [1.807, 2.05) is 31.3 Å². The number of hydrogen-bond acceptors (Lipinski definition) is 7. The summed E-state index contributed by atoms with van der Waals surface area (Å²) in [4.78, 5) is 61.9. The fraction of sp³-hybridized carbons (Fsp3) is 0.111. The van der Waals surface area contributed by atoms with E-state index < -0.39 is 34.2 Å². The van der Waals surface area contributed by atoms with Gasteiger partial charge in [-0.05, 0) is 55.8 Å². The van der Waals surface area contributed by atoms with Gasteiger partial charge in [0.1, 0.15) is 11.3 Å². The van der Waals surface area contributed by atoms with Crippen molar-refractivity contribution in [3.8, 4) is 5.75 Å². The molecule has 0 spiro atoms. The molecule has 1 saturated heterocycles. The molecule has 0 aromatic heterocycles. The molecule has 1 fully saturated rings. The van der Waals surface area contributed by atoms with Gasteiger partial charge in [0.2, 0.25) is 0 Å². The van der Waals surface area contributed by atoms with Crippen LogP contribution < -0.4 is 20.3 Å². The number of ether oxygens (including phenoxy) is 1. The zero-order valence-electron chi connectivity index (χ0n) is 20.7. The summed E-state index contributed by atoms with van der Waals surface area (Å²) in [6, 6.07) is 13.7. The molecule has 0 radical (unpaired) electrons. The van der Waals surface area contributed by atoms with Crippen LogP contribution in [0, 0.1) is 24.0 Å². The van der Waals surface area contributed by atoms with Crippen LogP contribution in [0.25, 0.3) is 6.08 Å². The number of amides is 5. The minimum absolute atomic E-state index is 0.101. The largest absolute Gasteiger partial charge is 0.483 e. The van der Waals surface area contributed by atoms with Crippen molar-refractivity contribution in [3.63, 3.8) is 0 Å². The van der Waals surface area contributed by atoms with Gasteiger partial charge in [0.05, 0.1) is 10.6 Å². The molecule has 4 rings (SSSR count). The summed E-state index contributed by atoms with van der Waals surface area (Å²) in [6.07, 6.45) is 1.16. The summed E-state index contributed by atoms with van der Waals surface area (Å²) < 4.78 is 5.66. The summed E-state index contributed by atoms with van der Waals surface area (Å²) >= 11 is 6.12. The Kier molecular flexibility index (Phi) is 7.73.